The molecule has 0 atom stereocenters. The van der Waals surface area contributed by atoms with Crippen molar-refractivity contribution >= 4 is 46.4 Å². The van der Waals surface area contributed by atoms with Crippen LogP contribution in [0.15, 0.2) is 24.3 Å². The summed E-state index contributed by atoms with van der Waals surface area (Å²) in [7, 11) is 0. The molecule has 1 heterocycles. The second kappa shape index (κ2) is 8.96. The minimum absolute atomic E-state index is 0.110. The van der Waals surface area contributed by atoms with Crippen molar-refractivity contribution in [1.82, 2.24) is 10.2 Å². The number of hydrogen-bond donors (Lipinski definition) is 1. The van der Waals surface area contributed by atoms with E-state index in [-0.39, 0.29) is 30.0 Å². The standard InChI is InChI=1S/C19H21ClN2O5S/c20-14-5-3-13(4-6-14)19(7-1-2-8-19)17(25)27-11-15(23)21-9-10-22-16(24)12-28-18(22)26/h3-6H,1-2,7-12H2,(H,21,23). The largest absolute Gasteiger partial charge is 0.455 e. The quantitative estimate of drug-likeness (QED) is 0.676. The Morgan fingerprint density at radius 1 is 1.18 bits per heavy atom. The number of nitrogens with zero attached hydrogens (tertiary/aromatic N) is 1. The molecule has 9 heteroatoms. The third kappa shape index (κ3) is 4.50. The van der Waals surface area contributed by atoms with E-state index < -0.39 is 23.9 Å². The molecule has 3 amide bonds. The summed E-state index contributed by atoms with van der Waals surface area (Å²) in [5, 5.41) is 2.85. The number of thioether (sulfide) groups is 1. The molecule has 1 aromatic carbocycles. The van der Waals surface area contributed by atoms with E-state index in [1.165, 1.54) is 0 Å². The van der Waals surface area contributed by atoms with Gasteiger partial charge in [-0.05, 0) is 30.5 Å². The number of rotatable bonds is 7. The highest BCUT2D eigenvalue weighted by Gasteiger charge is 2.44. The van der Waals surface area contributed by atoms with Gasteiger partial charge in [0, 0.05) is 18.1 Å². The van der Waals surface area contributed by atoms with Crippen molar-refractivity contribution in [2.75, 3.05) is 25.4 Å². The molecule has 7 nitrogen and oxygen atoms in total. The molecule has 0 radical (unpaired) electrons. The molecule has 1 aliphatic carbocycles. The summed E-state index contributed by atoms with van der Waals surface area (Å²) < 4.78 is 5.30. The Hall–Kier alpha value is -2.06. The molecular formula is C19H21ClN2O5S. The molecule has 0 spiro atoms. The summed E-state index contributed by atoms with van der Waals surface area (Å²) in [5.74, 6) is -1.01. The fourth-order valence-electron chi connectivity index (χ4n) is 3.58. The number of nitrogens with one attached hydrogen (secondary N) is 1. The normalized spacial score (nSPS) is 18.4. The van der Waals surface area contributed by atoms with Crippen LogP contribution in [-0.2, 0) is 24.5 Å². The van der Waals surface area contributed by atoms with E-state index in [1.807, 2.05) is 12.1 Å². The van der Waals surface area contributed by atoms with Gasteiger partial charge in [0.05, 0.1) is 11.2 Å². The van der Waals surface area contributed by atoms with Gasteiger partial charge in [-0.15, -0.1) is 0 Å². The Balaban J connectivity index is 1.50. The number of imide groups is 1. The number of esters is 1. The van der Waals surface area contributed by atoms with Crippen molar-refractivity contribution in [2.24, 2.45) is 0 Å². The molecule has 1 saturated heterocycles. The SMILES string of the molecule is O=C(COC(=O)C1(c2ccc(Cl)cc2)CCCC1)NCCN1C(=O)CSC1=O. The van der Waals surface area contributed by atoms with E-state index in [2.05, 4.69) is 5.32 Å². The number of amides is 3. The van der Waals surface area contributed by atoms with Crippen LogP contribution in [0, 0.1) is 0 Å². The molecule has 0 aromatic heterocycles. The average molecular weight is 425 g/mol. The predicted octanol–water partition coefficient (Wildman–Crippen LogP) is 2.51. The molecule has 2 aliphatic rings. The van der Waals surface area contributed by atoms with E-state index >= 15 is 0 Å². The first-order valence-corrected chi connectivity index (χ1v) is 10.5. The topological polar surface area (TPSA) is 92.8 Å². The molecule has 0 unspecified atom stereocenters. The Labute approximate surface area is 172 Å². The summed E-state index contributed by atoms with van der Waals surface area (Å²) in [4.78, 5) is 48.9. The second-order valence-electron chi connectivity index (χ2n) is 6.82. The molecule has 2 fully saturated rings. The van der Waals surface area contributed by atoms with Crippen LogP contribution in [-0.4, -0.2) is 53.4 Å². The lowest BCUT2D eigenvalue weighted by Gasteiger charge is -2.27. The van der Waals surface area contributed by atoms with Gasteiger partial charge in [0.1, 0.15) is 0 Å². The monoisotopic (exact) mass is 424 g/mol. The van der Waals surface area contributed by atoms with Crippen LogP contribution in [0.25, 0.3) is 0 Å². The van der Waals surface area contributed by atoms with E-state index in [4.69, 9.17) is 16.3 Å². The van der Waals surface area contributed by atoms with Gasteiger partial charge >= 0.3 is 5.97 Å². The minimum atomic E-state index is -0.740. The van der Waals surface area contributed by atoms with Crippen LogP contribution in [0.3, 0.4) is 0 Å². The van der Waals surface area contributed by atoms with E-state index in [9.17, 15) is 19.2 Å². The summed E-state index contributed by atoms with van der Waals surface area (Å²) in [5.41, 5.74) is 0.111. The van der Waals surface area contributed by atoms with Crippen molar-refractivity contribution in [1.29, 1.82) is 0 Å². The Bertz CT molecular complexity index is 761. The van der Waals surface area contributed by atoms with Crippen molar-refractivity contribution in [3.63, 3.8) is 0 Å². The first-order chi connectivity index (χ1) is 13.4. The summed E-state index contributed by atoms with van der Waals surface area (Å²) in [6.07, 6.45) is 3.18. The maximum Gasteiger partial charge on any atom is 0.317 e. The zero-order valence-electron chi connectivity index (χ0n) is 15.2. The van der Waals surface area contributed by atoms with Gasteiger partial charge < -0.3 is 10.1 Å². The molecule has 1 aliphatic heterocycles. The average Bonchev–Trinajstić information content (AvgIpc) is 3.30. The van der Waals surface area contributed by atoms with Crippen LogP contribution < -0.4 is 5.32 Å². The summed E-state index contributed by atoms with van der Waals surface area (Å²) in [6.45, 7) is -0.166. The van der Waals surface area contributed by atoms with Crippen molar-refractivity contribution in [3.05, 3.63) is 34.9 Å². The maximum atomic E-state index is 12.8. The van der Waals surface area contributed by atoms with Crippen molar-refractivity contribution in [2.45, 2.75) is 31.1 Å². The highest BCUT2D eigenvalue weighted by molar-refractivity contribution is 8.14. The Kier molecular flexibility index (Phi) is 6.61. The van der Waals surface area contributed by atoms with Gasteiger partial charge in [0.25, 0.3) is 11.1 Å². The first-order valence-electron chi connectivity index (χ1n) is 9.09. The van der Waals surface area contributed by atoms with E-state index in [0.717, 1.165) is 35.1 Å². The molecule has 150 valence electrons. The van der Waals surface area contributed by atoms with Gasteiger partial charge in [0.15, 0.2) is 6.61 Å². The third-order valence-electron chi connectivity index (χ3n) is 5.08. The van der Waals surface area contributed by atoms with Crippen LogP contribution in [0.1, 0.15) is 31.2 Å². The lowest BCUT2D eigenvalue weighted by Crippen LogP contribution is -2.40. The molecule has 1 saturated carbocycles. The van der Waals surface area contributed by atoms with E-state index in [1.54, 1.807) is 12.1 Å². The molecule has 3 rings (SSSR count). The smallest absolute Gasteiger partial charge is 0.317 e. The van der Waals surface area contributed by atoms with Gasteiger partial charge in [0.2, 0.25) is 5.91 Å². The molecule has 28 heavy (non-hydrogen) atoms. The van der Waals surface area contributed by atoms with Crippen LogP contribution >= 0.6 is 23.4 Å². The van der Waals surface area contributed by atoms with Gasteiger partial charge in [-0.25, -0.2) is 0 Å². The van der Waals surface area contributed by atoms with Crippen LogP contribution in [0.2, 0.25) is 5.02 Å². The first kappa shape index (κ1) is 20.7. The van der Waals surface area contributed by atoms with Gasteiger partial charge in [-0.3, -0.25) is 24.1 Å². The number of benzene rings is 1. The summed E-state index contributed by atoms with van der Waals surface area (Å²) in [6, 6.07) is 7.15. The van der Waals surface area contributed by atoms with E-state index in [0.29, 0.717) is 17.9 Å². The minimum Gasteiger partial charge on any atom is -0.455 e. The fourth-order valence-corrected chi connectivity index (χ4v) is 4.46. The van der Waals surface area contributed by atoms with Crippen LogP contribution in [0.5, 0.6) is 0 Å². The lowest BCUT2D eigenvalue weighted by atomic mass is 9.79. The molecular weight excluding hydrogens is 404 g/mol. The predicted molar refractivity (Wildman–Crippen MR) is 105 cm³/mol. The molecule has 0 bridgehead atoms. The lowest BCUT2D eigenvalue weighted by molar-refractivity contribution is -0.154. The zero-order chi connectivity index (χ0) is 20.1. The van der Waals surface area contributed by atoms with Crippen molar-refractivity contribution in [3.8, 4) is 0 Å². The number of hydrogen-bond acceptors (Lipinski definition) is 6. The highest BCUT2D eigenvalue weighted by Crippen LogP contribution is 2.42. The molecule has 1 N–H and O–H groups in total. The third-order valence-corrected chi connectivity index (χ3v) is 6.19. The second-order valence-corrected chi connectivity index (χ2v) is 8.19. The summed E-state index contributed by atoms with van der Waals surface area (Å²) >= 11 is 6.89. The number of carbonyl (C=O) groups excluding carboxylic acids is 4. The van der Waals surface area contributed by atoms with Crippen molar-refractivity contribution < 1.29 is 23.9 Å². The zero-order valence-corrected chi connectivity index (χ0v) is 16.8. The van der Waals surface area contributed by atoms with Gasteiger partial charge in [-0.2, -0.15) is 0 Å². The van der Waals surface area contributed by atoms with Crippen LogP contribution in [0.4, 0.5) is 4.79 Å². The Morgan fingerprint density at radius 2 is 1.86 bits per heavy atom. The fraction of sp³-hybridized carbons (Fsp3) is 0.474. The number of halogens is 1. The number of ether oxygens (including phenoxy) is 1. The number of carbonyl (C=O) groups is 4. The maximum absolute atomic E-state index is 12.8. The Morgan fingerprint density at radius 3 is 2.46 bits per heavy atom. The molecule has 1 aromatic rings. The van der Waals surface area contributed by atoms with Gasteiger partial charge in [-0.1, -0.05) is 48.3 Å². The highest BCUT2D eigenvalue weighted by atomic mass is 35.5.